The third kappa shape index (κ3) is 5.00. The molecule has 1 aromatic heterocycles. The third-order valence-electron chi connectivity index (χ3n) is 4.28. The Morgan fingerprint density at radius 3 is 2.30 bits per heavy atom. The molecule has 140 valence electrons. The lowest BCUT2D eigenvalue weighted by molar-refractivity contribution is 0.407. The number of hydrogen-bond donors (Lipinski definition) is 1. The van der Waals surface area contributed by atoms with E-state index in [2.05, 4.69) is 43.2 Å². The minimum absolute atomic E-state index is 0.0452. The van der Waals surface area contributed by atoms with E-state index in [1.54, 1.807) is 13.3 Å². The Labute approximate surface area is 161 Å². The lowest BCUT2D eigenvalue weighted by Gasteiger charge is -2.23. The zero-order valence-corrected chi connectivity index (χ0v) is 16.3. The highest BCUT2D eigenvalue weighted by Gasteiger charge is 2.20. The molecule has 3 aromatic rings. The van der Waals surface area contributed by atoms with E-state index in [1.807, 2.05) is 48.5 Å². The van der Waals surface area contributed by atoms with Crippen molar-refractivity contribution in [3.05, 3.63) is 78.0 Å². The van der Waals surface area contributed by atoms with Gasteiger partial charge in [0.15, 0.2) is 0 Å². The second-order valence-corrected chi connectivity index (χ2v) is 7.43. The zero-order chi connectivity index (χ0) is 19.3. The van der Waals surface area contributed by atoms with Crippen molar-refractivity contribution in [3.63, 3.8) is 0 Å². The van der Waals surface area contributed by atoms with E-state index < -0.39 is 0 Å². The van der Waals surface area contributed by atoms with Crippen LogP contribution in [0.25, 0.3) is 0 Å². The number of rotatable bonds is 6. The summed E-state index contributed by atoms with van der Waals surface area (Å²) in [6, 6.07) is 19.9. The molecule has 0 saturated heterocycles. The van der Waals surface area contributed by atoms with Crippen molar-refractivity contribution in [2.45, 2.75) is 32.7 Å². The topological polar surface area (TPSA) is 43.4 Å². The number of aromatic nitrogens is 1. The molecule has 0 fully saturated rings. The van der Waals surface area contributed by atoms with Gasteiger partial charge in [0, 0.05) is 18.3 Å². The van der Waals surface area contributed by atoms with Gasteiger partial charge in [-0.2, -0.15) is 0 Å². The van der Waals surface area contributed by atoms with Crippen molar-refractivity contribution in [2.75, 3.05) is 12.4 Å². The number of nitrogens with zero attached hydrogens (tertiary/aromatic N) is 1. The summed E-state index contributed by atoms with van der Waals surface area (Å²) in [5, 5.41) is 3.31. The number of benzene rings is 2. The zero-order valence-electron chi connectivity index (χ0n) is 16.3. The molecule has 3 rings (SSSR count). The van der Waals surface area contributed by atoms with Crippen LogP contribution in [0.3, 0.4) is 0 Å². The highest BCUT2D eigenvalue weighted by atomic mass is 16.5. The van der Waals surface area contributed by atoms with Crippen molar-refractivity contribution in [1.29, 1.82) is 0 Å². The normalized spacial score (nSPS) is 11.1. The molecule has 0 amide bonds. The van der Waals surface area contributed by atoms with Crippen LogP contribution in [-0.4, -0.2) is 12.1 Å². The molecule has 0 atom stereocenters. The van der Waals surface area contributed by atoms with E-state index in [4.69, 9.17) is 9.47 Å². The van der Waals surface area contributed by atoms with Crippen LogP contribution in [0.1, 0.15) is 31.9 Å². The molecule has 0 spiro atoms. The number of hydrogen-bond acceptors (Lipinski definition) is 4. The SMILES string of the molecule is COc1ccc(Oc2ccc(CNc3ccccn3)cc2)c(C(C)(C)C)c1. The van der Waals surface area contributed by atoms with Crippen molar-refractivity contribution in [1.82, 2.24) is 4.98 Å². The summed E-state index contributed by atoms with van der Waals surface area (Å²) in [5.74, 6) is 3.36. The third-order valence-corrected chi connectivity index (χ3v) is 4.28. The van der Waals surface area contributed by atoms with E-state index in [1.165, 1.54) is 5.56 Å². The number of methoxy groups -OCH3 is 1. The summed E-state index contributed by atoms with van der Waals surface area (Å²) < 4.78 is 11.5. The lowest BCUT2D eigenvalue weighted by atomic mass is 9.86. The Morgan fingerprint density at radius 1 is 0.926 bits per heavy atom. The summed E-state index contributed by atoms with van der Waals surface area (Å²) in [6.45, 7) is 7.22. The minimum Gasteiger partial charge on any atom is -0.497 e. The smallest absolute Gasteiger partial charge is 0.131 e. The molecule has 0 unspecified atom stereocenters. The molecule has 0 aliphatic rings. The van der Waals surface area contributed by atoms with E-state index in [0.717, 1.165) is 28.6 Å². The molecule has 4 heteroatoms. The fraction of sp³-hybridized carbons (Fsp3) is 0.261. The molecule has 0 bridgehead atoms. The van der Waals surface area contributed by atoms with Gasteiger partial charge in [0.25, 0.3) is 0 Å². The Morgan fingerprint density at radius 2 is 1.67 bits per heavy atom. The predicted molar refractivity (Wildman–Crippen MR) is 110 cm³/mol. The number of pyridine rings is 1. The molecule has 0 aliphatic carbocycles. The Kier molecular flexibility index (Phi) is 5.65. The van der Waals surface area contributed by atoms with Crippen LogP contribution in [0, 0.1) is 0 Å². The lowest BCUT2D eigenvalue weighted by Crippen LogP contribution is -2.12. The quantitative estimate of drug-likeness (QED) is 0.602. The fourth-order valence-electron chi connectivity index (χ4n) is 2.77. The average molecular weight is 362 g/mol. The fourth-order valence-corrected chi connectivity index (χ4v) is 2.77. The van der Waals surface area contributed by atoms with Crippen LogP contribution < -0.4 is 14.8 Å². The molecule has 1 heterocycles. The largest absolute Gasteiger partial charge is 0.497 e. The highest BCUT2D eigenvalue weighted by molar-refractivity contribution is 5.46. The second-order valence-electron chi connectivity index (χ2n) is 7.43. The van der Waals surface area contributed by atoms with Crippen LogP contribution in [0.5, 0.6) is 17.2 Å². The van der Waals surface area contributed by atoms with Gasteiger partial charge in [-0.05, 0) is 53.4 Å². The first-order chi connectivity index (χ1) is 13.0. The van der Waals surface area contributed by atoms with Gasteiger partial charge in [-0.1, -0.05) is 39.0 Å². The van der Waals surface area contributed by atoms with Gasteiger partial charge in [0.1, 0.15) is 23.1 Å². The Bertz CT molecular complexity index is 869. The van der Waals surface area contributed by atoms with Gasteiger partial charge in [-0.15, -0.1) is 0 Å². The average Bonchev–Trinajstić information content (AvgIpc) is 2.68. The molecule has 4 nitrogen and oxygen atoms in total. The van der Waals surface area contributed by atoms with Crippen molar-refractivity contribution in [2.24, 2.45) is 0 Å². The van der Waals surface area contributed by atoms with Crippen LogP contribution in [-0.2, 0) is 12.0 Å². The summed E-state index contributed by atoms with van der Waals surface area (Å²) >= 11 is 0. The van der Waals surface area contributed by atoms with Gasteiger partial charge in [0.05, 0.1) is 7.11 Å². The van der Waals surface area contributed by atoms with Gasteiger partial charge in [-0.25, -0.2) is 4.98 Å². The van der Waals surface area contributed by atoms with Gasteiger partial charge in [-0.3, -0.25) is 0 Å². The Balaban J connectivity index is 1.71. The van der Waals surface area contributed by atoms with Crippen molar-refractivity contribution in [3.8, 4) is 17.2 Å². The minimum atomic E-state index is -0.0452. The molecular formula is C23H26N2O2. The van der Waals surface area contributed by atoms with E-state index in [0.29, 0.717) is 6.54 Å². The number of anilines is 1. The van der Waals surface area contributed by atoms with Gasteiger partial charge in [0.2, 0.25) is 0 Å². The van der Waals surface area contributed by atoms with Crippen LogP contribution in [0.2, 0.25) is 0 Å². The maximum Gasteiger partial charge on any atom is 0.131 e. The molecule has 0 aliphatic heterocycles. The van der Waals surface area contributed by atoms with Gasteiger partial charge >= 0.3 is 0 Å². The standard InChI is InChI=1S/C23H26N2O2/c1-23(2,3)20-15-19(26-4)12-13-21(20)27-18-10-8-17(9-11-18)16-25-22-7-5-6-14-24-22/h5-15H,16H2,1-4H3,(H,24,25). The molecule has 0 saturated carbocycles. The Hall–Kier alpha value is -3.01. The summed E-state index contributed by atoms with van der Waals surface area (Å²) in [5.41, 5.74) is 2.23. The maximum atomic E-state index is 6.16. The van der Waals surface area contributed by atoms with Crippen LogP contribution >= 0.6 is 0 Å². The predicted octanol–water partition coefficient (Wildman–Crippen LogP) is 5.79. The summed E-state index contributed by atoms with van der Waals surface area (Å²) in [4.78, 5) is 4.27. The van der Waals surface area contributed by atoms with E-state index in [-0.39, 0.29) is 5.41 Å². The van der Waals surface area contributed by atoms with Crippen LogP contribution in [0.15, 0.2) is 66.9 Å². The molecule has 0 radical (unpaired) electrons. The first-order valence-electron chi connectivity index (χ1n) is 9.06. The molecular weight excluding hydrogens is 336 g/mol. The number of nitrogens with one attached hydrogen (secondary N) is 1. The summed E-state index contributed by atoms with van der Waals surface area (Å²) in [7, 11) is 1.68. The van der Waals surface area contributed by atoms with Crippen LogP contribution in [0.4, 0.5) is 5.82 Å². The van der Waals surface area contributed by atoms with Crippen molar-refractivity contribution < 1.29 is 9.47 Å². The first-order valence-corrected chi connectivity index (χ1v) is 9.06. The second kappa shape index (κ2) is 8.12. The van der Waals surface area contributed by atoms with E-state index in [9.17, 15) is 0 Å². The highest BCUT2D eigenvalue weighted by Crippen LogP contribution is 2.36. The van der Waals surface area contributed by atoms with E-state index >= 15 is 0 Å². The maximum absolute atomic E-state index is 6.16. The summed E-state index contributed by atoms with van der Waals surface area (Å²) in [6.07, 6.45) is 1.78. The van der Waals surface area contributed by atoms with Crippen molar-refractivity contribution >= 4 is 5.82 Å². The molecule has 1 N–H and O–H groups in total. The number of ether oxygens (including phenoxy) is 2. The molecule has 27 heavy (non-hydrogen) atoms. The first kappa shape index (κ1) is 18.8. The molecule has 2 aromatic carbocycles. The monoisotopic (exact) mass is 362 g/mol. The van der Waals surface area contributed by atoms with Gasteiger partial charge < -0.3 is 14.8 Å².